The molecule has 0 saturated carbocycles. The number of aliphatic hydroxyl groups is 1. The molecule has 4 N–H and O–H groups in total. The third-order valence-electron chi connectivity index (χ3n) is 2.93. The van der Waals surface area contributed by atoms with Gasteiger partial charge in [0.25, 0.3) is 0 Å². The van der Waals surface area contributed by atoms with Crippen molar-refractivity contribution in [3.8, 4) is 0 Å². The zero-order valence-corrected chi connectivity index (χ0v) is 12.9. The fourth-order valence-corrected chi connectivity index (χ4v) is 1.88. The maximum Gasteiger partial charge on any atom is 0.320 e. The molecular formula is C14H30N2O4. The summed E-state index contributed by atoms with van der Waals surface area (Å²) < 4.78 is 0. The number of rotatable bonds is 2. The van der Waals surface area contributed by atoms with Gasteiger partial charge in [-0.1, -0.05) is 13.8 Å². The number of carbonyl (C=O) groups is 2. The quantitative estimate of drug-likeness (QED) is 0.557. The molecule has 20 heavy (non-hydrogen) atoms. The summed E-state index contributed by atoms with van der Waals surface area (Å²) in [6.07, 6.45) is 4.92. The van der Waals surface area contributed by atoms with Crippen molar-refractivity contribution >= 4 is 12.3 Å². The second-order valence-electron chi connectivity index (χ2n) is 4.21. The molecule has 6 nitrogen and oxygen atoms in total. The predicted molar refractivity (Wildman–Crippen MR) is 79.8 cm³/mol. The standard InChI is InChI=1S/C6H11NO.C5H9NO2.C2H6.CH4O/c8-5-6-1-3-7-4-2-6;7-5(8)4-2-1-3-6-4;2*1-2/h5-7H,1-4H2;4,6H,1-3H2,(H,7,8);1-2H3;2H,1H3. The lowest BCUT2D eigenvalue weighted by Gasteiger charge is -2.16. The van der Waals surface area contributed by atoms with E-state index < -0.39 is 5.97 Å². The predicted octanol–water partition coefficient (Wildman–Crippen LogP) is 0.643. The summed E-state index contributed by atoms with van der Waals surface area (Å²) in [5.74, 6) is -0.376. The molecule has 1 unspecified atom stereocenters. The van der Waals surface area contributed by atoms with Gasteiger partial charge in [-0.05, 0) is 45.3 Å². The number of carboxylic acids is 1. The van der Waals surface area contributed by atoms with Crippen molar-refractivity contribution in [1.82, 2.24) is 10.6 Å². The van der Waals surface area contributed by atoms with E-state index in [1.807, 2.05) is 13.8 Å². The van der Waals surface area contributed by atoms with Gasteiger partial charge in [-0.2, -0.15) is 0 Å². The number of aliphatic carboxylic acids is 1. The maximum atomic E-state index is 10.1. The van der Waals surface area contributed by atoms with Gasteiger partial charge in [-0.25, -0.2) is 0 Å². The van der Waals surface area contributed by atoms with E-state index in [-0.39, 0.29) is 6.04 Å². The van der Waals surface area contributed by atoms with Gasteiger partial charge in [0, 0.05) is 13.0 Å². The van der Waals surface area contributed by atoms with Crippen LogP contribution in [0, 0.1) is 5.92 Å². The van der Waals surface area contributed by atoms with Crippen molar-refractivity contribution < 1.29 is 19.8 Å². The van der Waals surface area contributed by atoms with E-state index in [0.717, 1.165) is 58.7 Å². The molecule has 2 aliphatic heterocycles. The Morgan fingerprint density at radius 2 is 1.65 bits per heavy atom. The molecule has 0 bridgehead atoms. The van der Waals surface area contributed by atoms with Crippen LogP contribution in [-0.2, 0) is 9.59 Å². The smallest absolute Gasteiger partial charge is 0.320 e. The zero-order valence-electron chi connectivity index (χ0n) is 12.9. The second-order valence-corrected chi connectivity index (χ2v) is 4.21. The molecule has 0 aromatic rings. The van der Waals surface area contributed by atoms with Gasteiger partial charge in [-0.15, -0.1) is 0 Å². The van der Waals surface area contributed by atoms with Gasteiger partial charge in [0.2, 0.25) is 0 Å². The van der Waals surface area contributed by atoms with Crippen molar-refractivity contribution in [2.24, 2.45) is 5.92 Å². The van der Waals surface area contributed by atoms with E-state index in [0.29, 0.717) is 5.92 Å². The normalized spacial score (nSPS) is 21.1. The molecule has 0 aromatic carbocycles. The van der Waals surface area contributed by atoms with Gasteiger partial charge >= 0.3 is 5.97 Å². The van der Waals surface area contributed by atoms with Crippen LogP contribution in [-0.4, -0.2) is 55.3 Å². The fraction of sp³-hybridized carbons (Fsp3) is 0.857. The lowest BCUT2D eigenvalue weighted by Crippen LogP contribution is -2.29. The molecule has 2 fully saturated rings. The third-order valence-corrected chi connectivity index (χ3v) is 2.93. The first-order chi connectivity index (χ1) is 9.74. The van der Waals surface area contributed by atoms with Gasteiger partial charge < -0.3 is 25.6 Å². The SMILES string of the molecule is CC.CO.O=C(O)C1CCCN1.O=CC1CCNCC1. The minimum absolute atomic E-state index is 0.269. The molecule has 0 amide bonds. The number of aliphatic hydroxyl groups excluding tert-OH is 1. The number of hydrogen-bond acceptors (Lipinski definition) is 5. The molecule has 0 aromatic heterocycles. The third kappa shape index (κ3) is 10.9. The Labute approximate surface area is 122 Å². The number of carbonyl (C=O) groups excluding carboxylic acids is 1. The number of nitrogens with one attached hydrogen (secondary N) is 2. The van der Waals surface area contributed by atoms with Crippen LogP contribution in [0.1, 0.15) is 39.5 Å². The molecule has 2 saturated heterocycles. The number of carboxylic acid groups (broad SMARTS) is 1. The average molecular weight is 290 g/mol. The molecule has 0 spiro atoms. The van der Waals surface area contributed by atoms with Crippen molar-refractivity contribution in [3.63, 3.8) is 0 Å². The highest BCUT2D eigenvalue weighted by atomic mass is 16.4. The largest absolute Gasteiger partial charge is 0.480 e. The molecule has 2 rings (SSSR count). The minimum Gasteiger partial charge on any atom is -0.480 e. The topological polar surface area (TPSA) is 98.7 Å². The van der Waals surface area contributed by atoms with Crippen LogP contribution in [0.5, 0.6) is 0 Å². The first kappa shape index (κ1) is 21.3. The summed E-state index contributed by atoms with van der Waals surface area (Å²) in [6, 6.07) is -0.269. The van der Waals surface area contributed by atoms with Gasteiger partial charge in [-0.3, -0.25) is 4.79 Å². The average Bonchev–Trinajstić information content (AvgIpc) is 3.07. The molecule has 0 aliphatic carbocycles. The number of piperidine rings is 1. The van der Waals surface area contributed by atoms with Gasteiger partial charge in [0.1, 0.15) is 12.3 Å². The monoisotopic (exact) mass is 290 g/mol. The summed E-state index contributed by atoms with van der Waals surface area (Å²) in [4.78, 5) is 20.3. The maximum absolute atomic E-state index is 10.1. The number of aldehydes is 1. The molecule has 120 valence electrons. The van der Waals surface area contributed by atoms with E-state index in [4.69, 9.17) is 10.2 Å². The van der Waals surface area contributed by atoms with Crippen LogP contribution >= 0.6 is 0 Å². The lowest BCUT2D eigenvalue weighted by molar-refractivity contribution is -0.139. The van der Waals surface area contributed by atoms with Gasteiger partial charge in [0.05, 0.1) is 0 Å². The van der Waals surface area contributed by atoms with Crippen molar-refractivity contribution in [1.29, 1.82) is 0 Å². The van der Waals surface area contributed by atoms with Crippen molar-refractivity contribution in [3.05, 3.63) is 0 Å². The summed E-state index contributed by atoms with van der Waals surface area (Å²) in [7, 11) is 1.00. The first-order valence-corrected chi connectivity index (χ1v) is 7.31. The second kappa shape index (κ2) is 16.1. The Morgan fingerprint density at radius 3 is 1.90 bits per heavy atom. The van der Waals surface area contributed by atoms with Gasteiger partial charge in [0.15, 0.2) is 0 Å². The van der Waals surface area contributed by atoms with Crippen LogP contribution in [0.4, 0.5) is 0 Å². The molecule has 6 heteroatoms. The van der Waals surface area contributed by atoms with E-state index in [1.54, 1.807) is 0 Å². The summed E-state index contributed by atoms with van der Waals surface area (Å²) >= 11 is 0. The van der Waals surface area contributed by atoms with Crippen molar-refractivity contribution in [2.45, 2.75) is 45.6 Å². The summed E-state index contributed by atoms with van der Waals surface area (Å²) in [5.41, 5.74) is 0. The Balaban J connectivity index is 0. The van der Waals surface area contributed by atoms with E-state index >= 15 is 0 Å². The molecule has 2 heterocycles. The molecule has 1 atom stereocenters. The van der Waals surface area contributed by atoms with E-state index in [9.17, 15) is 9.59 Å². The highest BCUT2D eigenvalue weighted by Crippen LogP contribution is 2.06. The highest BCUT2D eigenvalue weighted by Gasteiger charge is 2.20. The molecular weight excluding hydrogens is 260 g/mol. The van der Waals surface area contributed by atoms with E-state index in [2.05, 4.69) is 10.6 Å². The Hall–Kier alpha value is -0.980. The highest BCUT2D eigenvalue weighted by molar-refractivity contribution is 5.73. The van der Waals surface area contributed by atoms with Crippen LogP contribution < -0.4 is 10.6 Å². The summed E-state index contributed by atoms with van der Waals surface area (Å²) in [6.45, 7) is 6.89. The molecule has 0 radical (unpaired) electrons. The fourth-order valence-electron chi connectivity index (χ4n) is 1.88. The van der Waals surface area contributed by atoms with Crippen molar-refractivity contribution in [2.75, 3.05) is 26.7 Å². The Kier molecular flexibility index (Phi) is 17.1. The Bertz CT molecular complexity index is 225. The van der Waals surface area contributed by atoms with Crippen LogP contribution in [0.3, 0.4) is 0 Å². The van der Waals surface area contributed by atoms with Crippen LogP contribution in [0.15, 0.2) is 0 Å². The lowest BCUT2D eigenvalue weighted by atomic mass is 10.0. The van der Waals surface area contributed by atoms with E-state index in [1.165, 1.54) is 0 Å². The van der Waals surface area contributed by atoms with Crippen LogP contribution in [0.2, 0.25) is 0 Å². The first-order valence-electron chi connectivity index (χ1n) is 7.31. The summed E-state index contributed by atoms with van der Waals surface area (Å²) in [5, 5.41) is 21.4. The minimum atomic E-state index is -0.720. The van der Waals surface area contributed by atoms with Crippen LogP contribution in [0.25, 0.3) is 0 Å². The zero-order chi connectivity index (χ0) is 15.8. The Morgan fingerprint density at radius 1 is 1.10 bits per heavy atom. The number of hydrogen-bond donors (Lipinski definition) is 4. The molecule has 2 aliphatic rings.